The van der Waals surface area contributed by atoms with Crippen LogP contribution in [-0.4, -0.2) is 41.2 Å². The molecule has 142 valence electrons. The maximum absolute atomic E-state index is 13.0. The average Bonchev–Trinajstić information content (AvgIpc) is 2.81. The highest BCUT2D eigenvalue weighted by Gasteiger charge is 2.21. The first-order valence-electron chi connectivity index (χ1n) is 9.11. The quantitative estimate of drug-likeness (QED) is 0.881. The van der Waals surface area contributed by atoms with Crippen molar-refractivity contribution in [1.82, 2.24) is 9.80 Å². The lowest BCUT2D eigenvalue weighted by Gasteiger charge is -2.22. The van der Waals surface area contributed by atoms with Gasteiger partial charge in [-0.25, -0.2) is 4.39 Å². The highest BCUT2D eigenvalue weighted by atomic mass is 19.1. The number of benzene rings is 2. The number of nitrogens with one attached hydrogen (secondary N) is 1. The first-order valence-corrected chi connectivity index (χ1v) is 9.11. The molecule has 1 fully saturated rings. The molecule has 0 unspecified atom stereocenters. The lowest BCUT2D eigenvalue weighted by atomic mass is 10.2. The third kappa shape index (κ3) is 5.62. The van der Waals surface area contributed by atoms with Crippen molar-refractivity contribution in [3.05, 3.63) is 65.5 Å². The van der Waals surface area contributed by atoms with Crippen LogP contribution in [0, 0.1) is 5.82 Å². The zero-order valence-electron chi connectivity index (χ0n) is 15.5. The second kappa shape index (κ2) is 8.77. The predicted octanol–water partition coefficient (Wildman–Crippen LogP) is 3.02. The standard InChI is InChI=1S/C21H24FN3O2/c1-16(26)23-20-8-4-17(5-9-20)14-24-11-10-21(27)25(13-12-24)15-18-2-6-19(22)7-3-18/h2-9H,10-15H2,1H3,(H,23,26). The molecule has 6 heteroatoms. The van der Waals surface area contributed by atoms with E-state index in [4.69, 9.17) is 0 Å². The normalized spacial score (nSPS) is 15.5. The molecular weight excluding hydrogens is 345 g/mol. The molecule has 0 aromatic heterocycles. The van der Waals surface area contributed by atoms with Crippen LogP contribution in [0.15, 0.2) is 48.5 Å². The van der Waals surface area contributed by atoms with Gasteiger partial charge in [-0.05, 0) is 35.4 Å². The average molecular weight is 369 g/mol. The number of halogens is 1. The monoisotopic (exact) mass is 369 g/mol. The SMILES string of the molecule is CC(=O)Nc1ccc(CN2CCC(=O)N(Cc3ccc(F)cc3)CC2)cc1. The van der Waals surface area contributed by atoms with Crippen LogP contribution in [0.3, 0.4) is 0 Å². The minimum Gasteiger partial charge on any atom is -0.337 e. The molecule has 2 aromatic carbocycles. The van der Waals surface area contributed by atoms with Gasteiger partial charge in [0.05, 0.1) is 0 Å². The molecule has 2 amide bonds. The van der Waals surface area contributed by atoms with Gasteiger partial charge in [-0.3, -0.25) is 14.5 Å². The van der Waals surface area contributed by atoms with E-state index < -0.39 is 0 Å². The van der Waals surface area contributed by atoms with E-state index in [0.29, 0.717) is 26.1 Å². The molecule has 0 aliphatic carbocycles. The molecule has 27 heavy (non-hydrogen) atoms. The molecule has 0 atom stereocenters. The van der Waals surface area contributed by atoms with Crippen LogP contribution in [-0.2, 0) is 22.7 Å². The van der Waals surface area contributed by atoms with E-state index in [2.05, 4.69) is 10.2 Å². The third-order valence-corrected chi connectivity index (χ3v) is 4.65. The summed E-state index contributed by atoms with van der Waals surface area (Å²) >= 11 is 0. The summed E-state index contributed by atoms with van der Waals surface area (Å²) < 4.78 is 13.0. The van der Waals surface area contributed by atoms with Gasteiger partial charge in [-0.2, -0.15) is 0 Å². The Balaban J connectivity index is 1.56. The Hall–Kier alpha value is -2.73. The van der Waals surface area contributed by atoms with Crippen molar-refractivity contribution in [1.29, 1.82) is 0 Å². The van der Waals surface area contributed by atoms with Crippen molar-refractivity contribution in [2.45, 2.75) is 26.4 Å². The first-order chi connectivity index (χ1) is 13.0. The van der Waals surface area contributed by atoms with Crippen LogP contribution in [0.25, 0.3) is 0 Å². The van der Waals surface area contributed by atoms with Gasteiger partial charge in [0.1, 0.15) is 5.82 Å². The summed E-state index contributed by atoms with van der Waals surface area (Å²) in [6.45, 7) is 4.92. The lowest BCUT2D eigenvalue weighted by molar-refractivity contribution is -0.131. The zero-order valence-corrected chi connectivity index (χ0v) is 15.5. The fourth-order valence-electron chi connectivity index (χ4n) is 3.20. The summed E-state index contributed by atoms with van der Waals surface area (Å²) in [4.78, 5) is 27.6. The van der Waals surface area contributed by atoms with E-state index >= 15 is 0 Å². The summed E-state index contributed by atoms with van der Waals surface area (Å²) in [6.07, 6.45) is 0.477. The van der Waals surface area contributed by atoms with Crippen LogP contribution in [0.1, 0.15) is 24.5 Å². The van der Waals surface area contributed by atoms with Crippen LogP contribution in [0.4, 0.5) is 10.1 Å². The molecule has 1 aliphatic heterocycles. The van der Waals surface area contributed by atoms with Gasteiger partial charge >= 0.3 is 0 Å². The molecule has 2 aromatic rings. The number of nitrogens with zero attached hydrogens (tertiary/aromatic N) is 2. The van der Waals surface area contributed by atoms with Crippen molar-refractivity contribution >= 4 is 17.5 Å². The summed E-state index contributed by atoms with van der Waals surface area (Å²) in [5.41, 5.74) is 2.86. The fourth-order valence-corrected chi connectivity index (χ4v) is 3.20. The molecular formula is C21H24FN3O2. The zero-order chi connectivity index (χ0) is 19.2. The maximum Gasteiger partial charge on any atom is 0.224 e. The minimum absolute atomic E-state index is 0.0879. The number of rotatable bonds is 5. The number of hydrogen-bond donors (Lipinski definition) is 1. The lowest BCUT2D eigenvalue weighted by Crippen LogP contribution is -2.32. The second-order valence-corrected chi connectivity index (χ2v) is 6.85. The predicted molar refractivity (Wildman–Crippen MR) is 102 cm³/mol. The Morgan fingerprint density at radius 2 is 1.59 bits per heavy atom. The van der Waals surface area contributed by atoms with Gasteiger partial charge < -0.3 is 10.2 Å². The Bertz CT molecular complexity index is 790. The smallest absolute Gasteiger partial charge is 0.224 e. The Morgan fingerprint density at radius 1 is 0.963 bits per heavy atom. The van der Waals surface area contributed by atoms with Crippen molar-refractivity contribution in [2.24, 2.45) is 0 Å². The van der Waals surface area contributed by atoms with E-state index in [0.717, 1.165) is 29.9 Å². The van der Waals surface area contributed by atoms with Crippen molar-refractivity contribution in [3.8, 4) is 0 Å². The van der Waals surface area contributed by atoms with Crippen molar-refractivity contribution < 1.29 is 14.0 Å². The summed E-state index contributed by atoms with van der Waals surface area (Å²) in [6, 6.07) is 14.1. The molecule has 1 heterocycles. The molecule has 0 saturated carbocycles. The molecule has 1 N–H and O–H groups in total. The molecule has 0 bridgehead atoms. The molecule has 1 aliphatic rings. The van der Waals surface area contributed by atoms with E-state index in [-0.39, 0.29) is 17.6 Å². The second-order valence-electron chi connectivity index (χ2n) is 6.85. The third-order valence-electron chi connectivity index (χ3n) is 4.65. The topological polar surface area (TPSA) is 52.7 Å². The minimum atomic E-state index is -0.267. The molecule has 3 rings (SSSR count). The van der Waals surface area contributed by atoms with E-state index in [1.54, 1.807) is 12.1 Å². The Morgan fingerprint density at radius 3 is 2.26 bits per heavy atom. The van der Waals surface area contributed by atoms with Crippen LogP contribution in [0.5, 0.6) is 0 Å². The van der Waals surface area contributed by atoms with E-state index in [9.17, 15) is 14.0 Å². The van der Waals surface area contributed by atoms with Gasteiger partial charge in [-0.1, -0.05) is 24.3 Å². The van der Waals surface area contributed by atoms with Crippen LogP contribution < -0.4 is 5.32 Å². The summed E-state index contributed by atoms with van der Waals surface area (Å²) in [5.74, 6) is -0.227. The van der Waals surface area contributed by atoms with Crippen LogP contribution >= 0.6 is 0 Å². The van der Waals surface area contributed by atoms with Crippen molar-refractivity contribution in [2.75, 3.05) is 25.0 Å². The van der Waals surface area contributed by atoms with Crippen LogP contribution in [0.2, 0.25) is 0 Å². The maximum atomic E-state index is 13.0. The van der Waals surface area contributed by atoms with Gasteiger partial charge in [0.2, 0.25) is 11.8 Å². The number of anilines is 1. The number of carbonyl (C=O) groups is 2. The fraction of sp³-hybridized carbons (Fsp3) is 0.333. The highest BCUT2D eigenvalue weighted by Crippen LogP contribution is 2.15. The van der Waals surface area contributed by atoms with Gasteiger partial charge in [0.15, 0.2) is 0 Å². The van der Waals surface area contributed by atoms with E-state index in [1.807, 2.05) is 29.2 Å². The number of carbonyl (C=O) groups excluding carboxylic acids is 2. The highest BCUT2D eigenvalue weighted by molar-refractivity contribution is 5.88. The molecule has 5 nitrogen and oxygen atoms in total. The molecule has 0 radical (unpaired) electrons. The Kier molecular flexibility index (Phi) is 6.19. The Labute approximate surface area is 158 Å². The first kappa shape index (κ1) is 19.0. The number of hydrogen-bond acceptors (Lipinski definition) is 3. The summed E-state index contributed by atoms with van der Waals surface area (Å²) in [5, 5.41) is 2.76. The number of amides is 2. The molecule has 0 spiro atoms. The van der Waals surface area contributed by atoms with Gasteiger partial charge in [0.25, 0.3) is 0 Å². The van der Waals surface area contributed by atoms with E-state index in [1.165, 1.54) is 19.1 Å². The van der Waals surface area contributed by atoms with Gasteiger partial charge in [-0.15, -0.1) is 0 Å². The summed E-state index contributed by atoms with van der Waals surface area (Å²) in [7, 11) is 0. The largest absolute Gasteiger partial charge is 0.337 e. The van der Waals surface area contributed by atoms with Crippen molar-refractivity contribution in [3.63, 3.8) is 0 Å². The van der Waals surface area contributed by atoms with Gasteiger partial charge in [0, 0.05) is 51.8 Å². The molecule has 1 saturated heterocycles.